The molecule has 5 aliphatic carbocycles. The number of hydrogen-bond donors (Lipinski definition) is 0. The van der Waals surface area contributed by atoms with Gasteiger partial charge in [-0.25, -0.2) is 0 Å². The fourth-order valence-electron chi connectivity index (χ4n) is 15.3. The molecule has 1 heteroatoms. The van der Waals surface area contributed by atoms with E-state index in [-0.39, 0.29) is 27.1 Å². The molecule has 0 saturated carbocycles. The van der Waals surface area contributed by atoms with Crippen LogP contribution in [0.15, 0.2) is 200 Å². The monoisotopic (exact) mass is 977 g/mol. The first-order chi connectivity index (χ1) is 36.5. The Morgan fingerprint density at radius 3 is 0.934 bits per heavy atom. The van der Waals surface area contributed by atoms with Crippen LogP contribution in [0.4, 0.5) is 17.1 Å². The number of rotatable bonds is 5. The summed E-state index contributed by atoms with van der Waals surface area (Å²) < 4.78 is 0. The molecule has 1 nitrogen and oxygen atoms in total. The van der Waals surface area contributed by atoms with Gasteiger partial charge in [-0.3, -0.25) is 0 Å². The smallest absolute Gasteiger partial charge is 0.0465 e. The van der Waals surface area contributed by atoms with Gasteiger partial charge in [-0.05, 0) is 194 Å². The zero-order valence-electron chi connectivity index (χ0n) is 45.5. The van der Waals surface area contributed by atoms with E-state index in [1.165, 1.54) is 151 Å². The molecular formula is C75H63N. The van der Waals surface area contributed by atoms with Gasteiger partial charge in [0.1, 0.15) is 0 Å². The van der Waals surface area contributed by atoms with Gasteiger partial charge < -0.3 is 4.90 Å². The van der Waals surface area contributed by atoms with Crippen LogP contribution in [0.1, 0.15) is 125 Å². The molecule has 0 saturated heterocycles. The van der Waals surface area contributed by atoms with E-state index in [9.17, 15) is 0 Å². The maximum Gasteiger partial charge on any atom is 0.0465 e. The van der Waals surface area contributed by atoms with Crippen molar-refractivity contribution >= 4 is 17.1 Å². The first kappa shape index (κ1) is 45.4. The highest BCUT2D eigenvalue weighted by atomic mass is 15.1. The zero-order valence-corrected chi connectivity index (χ0v) is 45.5. The van der Waals surface area contributed by atoms with E-state index in [0.717, 1.165) is 0 Å². The Labute approximate surface area is 449 Å². The van der Waals surface area contributed by atoms with E-state index in [1.54, 1.807) is 0 Å². The van der Waals surface area contributed by atoms with Crippen LogP contribution < -0.4 is 4.90 Å². The van der Waals surface area contributed by atoms with Gasteiger partial charge in [-0.15, -0.1) is 0 Å². The molecule has 368 valence electrons. The molecule has 0 atom stereocenters. The molecule has 0 aliphatic heterocycles. The quantitative estimate of drug-likeness (QED) is 0.166. The van der Waals surface area contributed by atoms with Crippen molar-refractivity contribution in [2.75, 3.05) is 4.90 Å². The molecule has 76 heavy (non-hydrogen) atoms. The molecule has 0 spiro atoms. The van der Waals surface area contributed by atoms with E-state index < -0.39 is 0 Å². The zero-order chi connectivity index (χ0) is 52.0. The van der Waals surface area contributed by atoms with Crippen LogP contribution in [0.5, 0.6) is 0 Å². The Balaban J connectivity index is 0.887. The summed E-state index contributed by atoms with van der Waals surface area (Å²) in [6.07, 6.45) is 0. The Morgan fingerprint density at radius 2 is 0.500 bits per heavy atom. The van der Waals surface area contributed by atoms with Crippen LogP contribution in [0.2, 0.25) is 0 Å². The van der Waals surface area contributed by atoms with Crippen molar-refractivity contribution in [2.24, 2.45) is 0 Å². The second-order valence-electron chi connectivity index (χ2n) is 25.3. The molecule has 5 aliphatic rings. The predicted octanol–water partition coefficient (Wildman–Crippen LogP) is 20.0. The van der Waals surface area contributed by atoms with Crippen LogP contribution >= 0.6 is 0 Å². The summed E-state index contributed by atoms with van der Waals surface area (Å²) in [5.41, 5.74) is 35.4. The fourth-order valence-corrected chi connectivity index (χ4v) is 15.3. The summed E-state index contributed by atoms with van der Waals surface area (Å²) in [7, 11) is 0. The first-order valence-electron chi connectivity index (χ1n) is 27.6. The Bertz CT molecular complexity index is 3960. The van der Waals surface area contributed by atoms with Crippen molar-refractivity contribution in [1.82, 2.24) is 0 Å². The van der Waals surface area contributed by atoms with Gasteiger partial charge in [0.15, 0.2) is 0 Å². The molecule has 0 amide bonds. The lowest BCUT2D eigenvalue weighted by Crippen LogP contribution is -2.19. The first-order valence-corrected chi connectivity index (χ1v) is 27.6. The van der Waals surface area contributed by atoms with Gasteiger partial charge in [0.2, 0.25) is 0 Å². The van der Waals surface area contributed by atoms with Gasteiger partial charge in [0, 0.05) is 44.1 Å². The summed E-state index contributed by atoms with van der Waals surface area (Å²) in [6.45, 7) is 24.3. The van der Waals surface area contributed by atoms with Gasteiger partial charge in [-0.2, -0.15) is 0 Å². The third-order valence-electron chi connectivity index (χ3n) is 19.5. The Kier molecular flexibility index (Phi) is 9.02. The molecule has 0 fully saturated rings. The van der Waals surface area contributed by atoms with Crippen LogP contribution in [-0.4, -0.2) is 0 Å². The molecule has 0 radical (unpaired) electrons. The molecule has 15 rings (SSSR count). The summed E-state index contributed by atoms with van der Waals surface area (Å²) in [4.78, 5) is 2.56. The third-order valence-corrected chi connectivity index (χ3v) is 19.5. The van der Waals surface area contributed by atoms with Crippen LogP contribution in [0, 0.1) is 0 Å². The predicted molar refractivity (Wildman–Crippen MR) is 320 cm³/mol. The minimum absolute atomic E-state index is 0.137. The second-order valence-corrected chi connectivity index (χ2v) is 25.3. The van der Waals surface area contributed by atoms with E-state index in [2.05, 4.69) is 274 Å². The number of hydrogen-bond acceptors (Lipinski definition) is 1. The molecule has 0 N–H and O–H groups in total. The van der Waals surface area contributed by atoms with Crippen LogP contribution in [0.25, 0.3) is 77.9 Å². The summed E-state index contributed by atoms with van der Waals surface area (Å²) in [6, 6.07) is 77.1. The summed E-state index contributed by atoms with van der Waals surface area (Å²) in [5, 5.41) is 0. The number of benzene rings is 10. The van der Waals surface area contributed by atoms with Crippen molar-refractivity contribution < 1.29 is 0 Å². The summed E-state index contributed by atoms with van der Waals surface area (Å²) in [5.74, 6) is 0. The minimum Gasteiger partial charge on any atom is -0.310 e. The number of fused-ring (bicyclic) bond motifs is 15. The SMILES string of the molecule is CC1(C)c2ccccc2-c2ccc(N(c3ccc4c(c3)C(C)(C)c3cc5c(cc3-4)C(C)(C)c3cccc(-c4ccccc4)c3-5)c3ccc4c(c3)C(C)(C)c3cc5c(cc3-4)C(C)(C)c3cccc(-c4ccccc4)c3-5)cc21. The largest absolute Gasteiger partial charge is 0.310 e. The average molecular weight is 978 g/mol. The van der Waals surface area contributed by atoms with Crippen LogP contribution in [-0.2, 0) is 27.1 Å². The molecule has 10 aromatic carbocycles. The van der Waals surface area contributed by atoms with Crippen molar-refractivity contribution in [3.8, 4) is 77.9 Å². The standard InChI is InChI=1S/C75H63N/c1-71(2)59-28-18-17-25-51(59)52-34-31-46(37-62(52)71)76(47-32-35-53-55-40-67-57(42-65(55)74(7,8)63(53)38-47)69-49(44-21-13-11-14-22-44)26-19-29-60(69)72(67,3)4)48-33-36-54-56-41-68-58(43-66(56)75(9,10)64(54)39-48)70-50(45-23-15-12-16-24-45)27-20-30-61(70)73(68,5)6/h11-43H,1-10H3. The normalized spacial score (nSPS) is 16.8. The number of anilines is 3. The van der Waals surface area contributed by atoms with Gasteiger partial charge in [-0.1, -0.05) is 209 Å². The van der Waals surface area contributed by atoms with Gasteiger partial charge in [0.05, 0.1) is 0 Å². The molecule has 10 aromatic rings. The van der Waals surface area contributed by atoms with Gasteiger partial charge in [0.25, 0.3) is 0 Å². The highest BCUT2D eigenvalue weighted by Crippen LogP contribution is 2.61. The average Bonchev–Trinajstić information content (AvgIpc) is 4.08. The van der Waals surface area contributed by atoms with E-state index in [0.29, 0.717) is 0 Å². The Morgan fingerprint density at radius 1 is 0.211 bits per heavy atom. The second kappa shape index (κ2) is 15.1. The molecular weight excluding hydrogens is 915 g/mol. The van der Waals surface area contributed by atoms with Crippen molar-refractivity contribution in [3.05, 3.63) is 256 Å². The summed E-state index contributed by atoms with van der Waals surface area (Å²) >= 11 is 0. The fraction of sp³-hybridized carbons (Fsp3) is 0.200. The maximum atomic E-state index is 2.57. The molecule has 0 aromatic heterocycles. The maximum absolute atomic E-state index is 2.57. The van der Waals surface area contributed by atoms with Crippen molar-refractivity contribution in [1.29, 1.82) is 0 Å². The third kappa shape index (κ3) is 5.87. The topological polar surface area (TPSA) is 3.24 Å². The molecule has 0 unspecified atom stereocenters. The van der Waals surface area contributed by atoms with Crippen molar-refractivity contribution in [3.63, 3.8) is 0 Å². The van der Waals surface area contributed by atoms with Gasteiger partial charge >= 0.3 is 0 Å². The lowest BCUT2D eigenvalue weighted by molar-refractivity contribution is 0.651. The van der Waals surface area contributed by atoms with E-state index >= 15 is 0 Å². The van der Waals surface area contributed by atoms with Crippen LogP contribution in [0.3, 0.4) is 0 Å². The molecule has 0 heterocycles. The van der Waals surface area contributed by atoms with E-state index in [4.69, 9.17) is 0 Å². The van der Waals surface area contributed by atoms with E-state index in [1.807, 2.05) is 0 Å². The Hall–Kier alpha value is -8.00. The molecule has 0 bridgehead atoms. The number of nitrogens with zero attached hydrogens (tertiary/aromatic N) is 1. The lowest BCUT2D eigenvalue weighted by atomic mass is 9.79. The highest BCUT2D eigenvalue weighted by Gasteiger charge is 2.45. The highest BCUT2D eigenvalue weighted by molar-refractivity contribution is 5.99. The lowest BCUT2D eigenvalue weighted by Gasteiger charge is -2.31. The minimum atomic E-state index is -0.244. The van der Waals surface area contributed by atoms with Crippen molar-refractivity contribution in [2.45, 2.75) is 96.3 Å².